The Morgan fingerprint density at radius 3 is 2.55 bits per heavy atom. The number of nitrogens with one attached hydrogen (secondary N) is 1. The van der Waals surface area contributed by atoms with E-state index in [1.54, 1.807) is 23.1 Å². The molecule has 174 valence electrons. The number of rotatable bonds is 7. The minimum atomic E-state index is -3.65. The summed E-state index contributed by atoms with van der Waals surface area (Å²) in [5.74, 6) is -1.07. The van der Waals surface area contributed by atoms with Crippen LogP contribution in [-0.2, 0) is 25.9 Å². The van der Waals surface area contributed by atoms with Crippen LogP contribution < -0.4 is 5.32 Å². The average molecular weight is 471 g/mol. The van der Waals surface area contributed by atoms with Gasteiger partial charge in [-0.2, -0.15) is 5.10 Å². The Hall–Kier alpha value is -3.24. The van der Waals surface area contributed by atoms with Gasteiger partial charge in [-0.15, -0.1) is 0 Å². The van der Waals surface area contributed by atoms with Crippen molar-refractivity contribution in [1.29, 1.82) is 0 Å². The Bertz CT molecular complexity index is 1280. The van der Waals surface area contributed by atoms with Crippen LogP contribution in [0.5, 0.6) is 0 Å². The number of ether oxygens (including phenoxy) is 1. The lowest BCUT2D eigenvalue weighted by Gasteiger charge is -2.27. The predicted octanol–water partition coefficient (Wildman–Crippen LogP) is 2.33. The van der Waals surface area contributed by atoms with Crippen molar-refractivity contribution in [3.05, 3.63) is 54.4 Å². The first kappa shape index (κ1) is 22.9. The zero-order valence-corrected chi connectivity index (χ0v) is 19.2. The van der Waals surface area contributed by atoms with Gasteiger partial charge in [-0.3, -0.25) is 14.3 Å². The summed E-state index contributed by atoms with van der Waals surface area (Å²) >= 11 is 0. The molecule has 0 bridgehead atoms. The van der Waals surface area contributed by atoms with E-state index in [1.165, 1.54) is 10.9 Å². The normalized spacial score (nSPS) is 14.4. The maximum Gasteiger partial charge on any atom is 0.274 e. The minimum absolute atomic E-state index is 0.177. The average Bonchev–Trinajstić information content (AvgIpc) is 3.25. The molecule has 0 unspecified atom stereocenters. The molecule has 2 aromatic carbocycles. The van der Waals surface area contributed by atoms with E-state index in [-0.39, 0.29) is 34.4 Å². The lowest BCUT2D eigenvalue weighted by atomic mass is 10.1. The summed E-state index contributed by atoms with van der Waals surface area (Å²) in [7, 11) is -3.65. The number of anilines is 1. The highest BCUT2D eigenvalue weighted by atomic mass is 32.2. The molecule has 0 radical (unpaired) electrons. The fraction of sp³-hybridized carbons (Fsp3) is 0.348. The first-order valence-corrected chi connectivity index (χ1v) is 12.5. The number of benzene rings is 2. The van der Waals surface area contributed by atoms with Gasteiger partial charge in [0.25, 0.3) is 5.91 Å². The van der Waals surface area contributed by atoms with Crippen LogP contribution in [0.2, 0.25) is 0 Å². The summed E-state index contributed by atoms with van der Waals surface area (Å²) in [5, 5.41) is 8.63. The summed E-state index contributed by atoms with van der Waals surface area (Å²) in [6.07, 6.45) is 1.19. The first-order chi connectivity index (χ1) is 15.9. The Balaban J connectivity index is 1.45. The van der Waals surface area contributed by atoms with Crippen LogP contribution >= 0.6 is 0 Å². The molecule has 1 aliphatic rings. The van der Waals surface area contributed by atoms with Crippen molar-refractivity contribution in [3.63, 3.8) is 0 Å². The van der Waals surface area contributed by atoms with E-state index in [0.29, 0.717) is 32.8 Å². The van der Waals surface area contributed by atoms with Gasteiger partial charge < -0.3 is 15.0 Å². The van der Waals surface area contributed by atoms with E-state index in [0.717, 1.165) is 10.8 Å². The molecule has 1 aliphatic heterocycles. The SMILES string of the molecule is CCn1ncc(NC(=O)CCS(=O)(=O)c2ccc3ccccc3c2)c1C(=O)N1CCOCC1. The van der Waals surface area contributed by atoms with E-state index >= 15 is 0 Å². The topological polar surface area (TPSA) is 111 Å². The number of nitrogens with zero attached hydrogens (tertiary/aromatic N) is 3. The summed E-state index contributed by atoms with van der Waals surface area (Å²) in [6.45, 7) is 4.15. The molecule has 4 rings (SSSR count). The Morgan fingerprint density at radius 1 is 1.09 bits per heavy atom. The molecule has 10 heteroatoms. The standard InChI is InChI=1S/C23H26N4O5S/c1-2-27-22(23(29)26-10-12-32-13-11-26)20(16-24-27)25-21(28)9-14-33(30,31)19-8-7-17-5-3-4-6-18(17)15-19/h3-8,15-16H,2,9-14H2,1H3,(H,25,28). The number of hydrogen-bond donors (Lipinski definition) is 1. The lowest BCUT2D eigenvalue weighted by Crippen LogP contribution is -2.41. The van der Waals surface area contributed by atoms with Gasteiger partial charge in [0.2, 0.25) is 5.91 Å². The highest BCUT2D eigenvalue weighted by Crippen LogP contribution is 2.22. The molecule has 33 heavy (non-hydrogen) atoms. The fourth-order valence-corrected chi connectivity index (χ4v) is 5.05. The first-order valence-electron chi connectivity index (χ1n) is 10.8. The molecule has 9 nitrogen and oxygen atoms in total. The molecule has 1 N–H and O–H groups in total. The second-order valence-electron chi connectivity index (χ2n) is 7.75. The fourth-order valence-electron chi connectivity index (χ4n) is 3.78. The third-order valence-corrected chi connectivity index (χ3v) is 7.31. The van der Waals surface area contributed by atoms with Crippen LogP contribution in [0, 0.1) is 0 Å². The smallest absolute Gasteiger partial charge is 0.274 e. The van der Waals surface area contributed by atoms with E-state index < -0.39 is 15.7 Å². The van der Waals surface area contributed by atoms with Gasteiger partial charge >= 0.3 is 0 Å². The van der Waals surface area contributed by atoms with E-state index in [4.69, 9.17) is 4.74 Å². The van der Waals surface area contributed by atoms with Crippen molar-refractivity contribution in [2.24, 2.45) is 0 Å². The number of sulfone groups is 1. The summed E-state index contributed by atoms with van der Waals surface area (Å²) in [4.78, 5) is 27.4. The number of carbonyl (C=O) groups is 2. The summed E-state index contributed by atoms with van der Waals surface area (Å²) < 4.78 is 32.4. The van der Waals surface area contributed by atoms with Crippen LogP contribution in [0.25, 0.3) is 10.8 Å². The highest BCUT2D eigenvalue weighted by Gasteiger charge is 2.26. The Kier molecular flexibility index (Phi) is 6.75. The molecular weight excluding hydrogens is 444 g/mol. The van der Waals surface area contributed by atoms with Crippen LogP contribution in [0.15, 0.2) is 53.6 Å². The van der Waals surface area contributed by atoms with E-state index in [9.17, 15) is 18.0 Å². The van der Waals surface area contributed by atoms with Gasteiger partial charge in [0.05, 0.1) is 35.7 Å². The van der Waals surface area contributed by atoms with E-state index in [2.05, 4.69) is 10.4 Å². The monoisotopic (exact) mass is 470 g/mol. The highest BCUT2D eigenvalue weighted by molar-refractivity contribution is 7.91. The lowest BCUT2D eigenvalue weighted by molar-refractivity contribution is -0.115. The summed E-state index contributed by atoms with van der Waals surface area (Å²) in [6, 6.07) is 12.4. The van der Waals surface area contributed by atoms with Crippen LogP contribution in [-0.4, -0.2) is 67.0 Å². The van der Waals surface area contributed by atoms with E-state index in [1.807, 2.05) is 31.2 Å². The van der Waals surface area contributed by atoms with Crippen molar-refractivity contribution >= 4 is 38.1 Å². The van der Waals surface area contributed by atoms with Gasteiger partial charge in [-0.05, 0) is 29.8 Å². The Morgan fingerprint density at radius 2 is 1.82 bits per heavy atom. The van der Waals surface area contributed by atoms with Gasteiger partial charge in [0.1, 0.15) is 5.69 Å². The number of hydrogen-bond acceptors (Lipinski definition) is 6. The van der Waals surface area contributed by atoms with Crippen molar-refractivity contribution in [2.45, 2.75) is 24.8 Å². The minimum Gasteiger partial charge on any atom is -0.378 e. The maximum absolute atomic E-state index is 13.0. The van der Waals surface area contributed by atoms with Crippen LogP contribution in [0.3, 0.4) is 0 Å². The largest absolute Gasteiger partial charge is 0.378 e. The quantitative estimate of drug-likeness (QED) is 0.567. The summed E-state index contributed by atoms with van der Waals surface area (Å²) in [5.41, 5.74) is 0.562. The molecule has 0 spiro atoms. The van der Waals surface area contributed by atoms with Crippen LogP contribution in [0.1, 0.15) is 23.8 Å². The zero-order chi connectivity index (χ0) is 23.4. The van der Waals surface area contributed by atoms with Crippen molar-refractivity contribution in [3.8, 4) is 0 Å². The van der Waals surface area contributed by atoms with Gasteiger partial charge in [-0.25, -0.2) is 8.42 Å². The zero-order valence-electron chi connectivity index (χ0n) is 18.4. The Labute approximate surface area is 192 Å². The third-order valence-electron chi connectivity index (χ3n) is 5.59. The van der Waals surface area contributed by atoms with Gasteiger partial charge in [0, 0.05) is 26.1 Å². The second-order valence-corrected chi connectivity index (χ2v) is 9.86. The number of aromatic nitrogens is 2. The molecule has 1 aromatic heterocycles. The second kappa shape index (κ2) is 9.72. The number of amides is 2. The molecule has 0 atom stereocenters. The molecule has 1 fully saturated rings. The molecule has 2 amide bonds. The van der Waals surface area contributed by atoms with Crippen molar-refractivity contribution in [2.75, 3.05) is 37.4 Å². The third kappa shape index (κ3) is 5.07. The molecule has 3 aromatic rings. The predicted molar refractivity (Wildman–Crippen MR) is 124 cm³/mol. The van der Waals surface area contributed by atoms with Crippen molar-refractivity contribution < 1.29 is 22.7 Å². The number of morpholine rings is 1. The molecular formula is C23H26N4O5S. The van der Waals surface area contributed by atoms with Gasteiger partial charge in [0.15, 0.2) is 9.84 Å². The van der Waals surface area contributed by atoms with Crippen LogP contribution in [0.4, 0.5) is 5.69 Å². The molecule has 2 heterocycles. The van der Waals surface area contributed by atoms with Gasteiger partial charge in [-0.1, -0.05) is 30.3 Å². The maximum atomic E-state index is 13.0. The number of fused-ring (bicyclic) bond motifs is 1. The number of carbonyl (C=O) groups excluding carboxylic acids is 2. The number of aryl methyl sites for hydroxylation is 1. The molecule has 0 aliphatic carbocycles. The molecule has 0 saturated carbocycles. The molecule has 1 saturated heterocycles. The van der Waals surface area contributed by atoms with Crippen molar-refractivity contribution in [1.82, 2.24) is 14.7 Å².